The van der Waals surface area contributed by atoms with Crippen LogP contribution in [0.1, 0.15) is 22.3 Å². The van der Waals surface area contributed by atoms with Crippen LogP contribution in [0.25, 0.3) is 11.1 Å². The first-order valence-electron chi connectivity index (χ1n) is 9.15. The summed E-state index contributed by atoms with van der Waals surface area (Å²) in [5.74, 6) is -1.07. The second kappa shape index (κ2) is 9.65. The molecule has 31 heavy (non-hydrogen) atoms. The maximum atomic E-state index is 12.6. The van der Waals surface area contributed by atoms with E-state index in [1.165, 1.54) is 30.6 Å². The number of alkyl halides is 3. The number of ether oxygens (including phenoxy) is 2. The van der Waals surface area contributed by atoms with Gasteiger partial charge in [-0.1, -0.05) is 42.5 Å². The summed E-state index contributed by atoms with van der Waals surface area (Å²) in [5, 5.41) is 5.94. The van der Waals surface area contributed by atoms with Gasteiger partial charge in [-0.3, -0.25) is 4.79 Å². The Kier molecular flexibility index (Phi) is 6.96. The van der Waals surface area contributed by atoms with E-state index in [1.807, 2.05) is 0 Å². The zero-order valence-corrected chi connectivity index (χ0v) is 17.2. The Morgan fingerprint density at radius 2 is 1.74 bits per heavy atom. The van der Waals surface area contributed by atoms with E-state index in [0.29, 0.717) is 28.8 Å². The third kappa shape index (κ3) is 6.08. The Morgan fingerprint density at radius 3 is 2.42 bits per heavy atom. The van der Waals surface area contributed by atoms with Gasteiger partial charge in [0, 0.05) is 22.7 Å². The molecule has 0 saturated heterocycles. The Morgan fingerprint density at radius 1 is 1.03 bits per heavy atom. The minimum atomic E-state index is -4.78. The fraction of sp³-hybridized carbons (Fsp3) is 0.182. The molecule has 0 radical (unpaired) electrons. The maximum Gasteiger partial charge on any atom is 0.573 e. The Balaban J connectivity index is 1.63. The van der Waals surface area contributed by atoms with Crippen LogP contribution in [-0.4, -0.2) is 25.3 Å². The molecular weight excluding hydrogens is 431 g/mol. The van der Waals surface area contributed by atoms with Gasteiger partial charge in [0.2, 0.25) is 5.91 Å². The summed E-state index contributed by atoms with van der Waals surface area (Å²) in [6.45, 7) is 0. The second-order valence-electron chi connectivity index (χ2n) is 6.48. The zero-order chi connectivity index (χ0) is 22.4. The van der Waals surface area contributed by atoms with Crippen LogP contribution in [0.2, 0.25) is 0 Å². The lowest BCUT2D eigenvalue weighted by Gasteiger charge is -2.13. The third-order valence-electron chi connectivity index (χ3n) is 4.36. The van der Waals surface area contributed by atoms with Crippen LogP contribution in [0.3, 0.4) is 0 Å². The van der Waals surface area contributed by atoms with Gasteiger partial charge in [0.1, 0.15) is 5.75 Å². The summed E-state index contributed by atoms with van der Waals surface area (Å²) in [6, 6.07) is 12.8. The van der Waals surface area contributed by atoms with Gasteiger partial charge in [-0.15, -0.1) is 24.5 Å². The minimum Gasteiger partial charge on any atom is -0.465 e. The molecule has 0 aliphatic rings. The molecule has 1 N–H and O–H groups in total. The number of carbonyl (C=O) groups is 2. The highest BCUT2D eigenvalue weighted by molar-refractivity contribution is 7.08. The average Bonchev–Trinajstić information content (AvgIpc) is 3.19. The number of hydrogen-bond donors (Lipinski definition) is 1. The van der Waals surface area contributed by atoms with Crippen molar-refractivity contribution in [3.05, 3.63) is 70.4 Å². The zero-order valence-electron chi connectivity index (χ0n) is 16.4. The Bertz CT molecular complexity index is 1060. The first kappa shape index (κ1) is 22.4. The molecular formula is C22H18F3NO4S. The molecule has 1 heterocycles. The molecule has 0 spiro atoms. The third-order valence-corrected chi connectivity index (χ3v) is 5.10. The van der Waals surface area contributed by atoms with Gasteiger partial charge in [0.25, 0.3) is 0 Å². The summed E-state index contributed by atoms with van der Waals surface area (Å²) < 4.78 is 46.6. The molecule has 0 bridgehead atoms. The van der Waals surface area contributed by atoms with Crippen molar-refractivity contribution in [3.8, 4) is 16.9 Å². The molecule has 0 aliphatic carbocycles. The second-order valence-corrected chi connectivity index (χ2v) is 7.22. The smallest absolute Gasteiger partial charge is 0.465 e. The van der Waals surface area contributed by atoms with E-state index in [-0.39, 0.29) is 18.1 Å². The first-order valence-corrected chi connectivity index (χ1v) is 10.1. The van der Waals surface area contributed by atoms with Gasteiger partial charge < -0.3 is 14.8 Å². The van der Waals surface area contributed by atoms with Crippen LogP contribution >= 0.6 is 11.3 Å². The van der Waals surface area contributed by atoms with E-state index in [2.05, 4.69) is 14.8 Å². The maximum absolute atomic E-state index is 12.6. The highest BCUT2D eigenvalue weighted by Gasteiger charge is 2.32. The Labute approximate surface area is 180 Å². The van der Waals surface area contributed by atoms with Gasteiger partial charge >= 0.3 is 12.3 Å². The summed E-state index contributed by atoms with van der Waals surface area (Å²) in [7, 11) is 1.27. The monoisotopic (exact) mass is 449 g/mol. The predicted molar refractivity (Wildman–Crippen MR) is 111 cm³/mol. The number of hydrogen-bond acceptors (Lipinski definition) is 5. The number of methoxy groups -OCH3 is 1. The van der Waals surface area contributed by atoms with E-state index < -0.39 is 12.3 Å². The molecule has 0 aliphatic heterocycles. The number of nitrogens with one attached hydrogen (secondary N) is 1. The number of rotatable bonds is 7. The highest BCUT2D eigenvalue weighted by atomic mass is 32.1. The van der Waals surface area contributed by atoms with Crippen molar-refractivity contribution in [1.82, 2.24) is 0 Å². The normalized spacial score (nSPS) is 11.1. The van der Waals surface area contributed by atoms with Crippen molar-refractivity contribution < 1.29 is 32.2 Å². The van der Waals surface area contributed by atoms with E-state index in [1.54, 1.807) is 47.2 Å². The van der Waals surface area contributed by atoms with Gasteiger partial charge in [-0.2, -0.15) is 0 Å². The van der Waals surface area contributed by atoms with Crippen LogP contribution in [0.5, 0.6) is 5.75 Å². The molecule has 1 amide bonds. The van der Waals surface area contributed by atoms with Gasteiger partial charge in [0.05, 0.1) is 18.4 Å². The van der Waals surface area contributed by atoms with E-state index in [9.17, 15) is 22.8 Å². The number of esters is 1. The van der Waals surface area contributed by atoms with Crippen molar-refractivity contribution >= 4 is 28.9 Å². The molecule has 2 aromatic carbocycles. The summed E-state index contributed by atoms with van der Waals surface area (Å²) >= 11 is 1.27. The average molecular weight is 449 g/mol. The molecule has 0 atom stereocenters. The van der Waals surface area contributed by atoms with Gasteiger partial charge in [-0.25, -0.2) is 4.79 Å². The van der Waals surface area contributed by atoms with Crippen molar-refractivity contribution in [3.63, 3.8) is 0 Å². The number of thiophene rings is 1. The van der Waals surface area contributed by atoms with Crippen LogP contribution < -0.4 is 10.1 Å². The lowest BCUT2D eigenvalue weighted by molar-refractivity contribution is -0.274. The minimum absolute atomic E-state index is 0.170. The Hall–Kier alpha value is -3.33. The summed E-state index contributed by atoms with van der Waals surface area (Å²) in [5.41, 5.74) is 2.42. The molecule has 0 fully saturated rings. The standard InChI is InChI=1S/C22H18F3NO4S/c1-29-21(28)17-12-31-13-18(17)26-20(27)11-8-14-6-9-15(10-7-14)16-4-2-3-5-19(16)30-22(23,24)25/h2-7,9-10,12-13H,8,11H2,1H3,(H,26,27). The predicted octanol–water partition coefficient (Wildman–Crippen LogP) is 5.67. The summed E-state index contributed by atoms with van der Waals surface area (Å²) in [6.07, 6.45) is -4.19. The highest BCUT2D eigenvalue weighted by Crippen LogP contribution is 2.33. The van der Waals surface area contributed by atoms with Crippen LogP contribution in [-0.2, 0) is 16.0 Å². The van der Waals surface area contributed by atoms with Gasteiger partial charge in [-0.05, 0) is 23.6 Å². The van der Waals surface area contributed by atoms with E-state index in [0.717, 1.165) is 5.56 Å². The lowest BCUT2D eigenvalue weighted by atomic mass is 10.0. The van der Waals surface area contributed by atoms with Crippen molar-refractivity contribution in [2.75, 3.05) is 12.4 Å². The van der Waals surface area contributed by atoms with E-state index >= 15 is 0 Å². The number of aryl methyl sites for hydroxylation is 1. The number of halogens is 3. The van der Waals surface area contributed by atoms with Crippen LogP contribution in [0.15, 0.2) is 59.3 Å². The van der Waals surface area contributed by atoms with Gasteiger partial charge in [0.15, 0.2) is 0 Å². The number of anilines is 1. The molecule has 5 nitrogen and oxygen atoms in total. The molecule has 0 saturated carbocycles. The number of benzene rings is 2. The largest absolute Gasteiger partial charge is 0.573 e. The number of carbonyl (C=O) groups excluding carboxylic acids is 2. The van der Waals surface area contributed by atoms with Crippen LogP contribution in [0, 0.1) is 0 Å². The first-order chi connectivity index (χ1) is 14.8. The lowest BCUT2D eigenvalue weighted by Crippen LogP contribution is -2.17. The summed E-state index contributed by atoms with van der Waals surface area (Å²) in [4.78, 5) is 23.9. The SMILES string of the molecule is COC(=O)c1cscc1NC(=O)CCc1ccc(-c2ccccc2OC(F)(F)F)cc1. The van der Waals surface area contributed by atoms with Crippen LogP contribution in [0.4, 0.5) is 18.9 Å². The van der Waals surface area contributed by atoms with Crippen molar-refractivity contribution in [2.24, 2.45) is 0 Å². The number of amides is 1. The van der Waals surface area contributed by atoms with Crippen molar-refractivity contribution in [1.29, 1.82) is 0 Å². The topological polar surface area (TPSA) is 64.6 Å². The number of para-hydroxylation sites is 1. The molecule has 3 rings (SSSR count). The molecule has 9 heteroatoms. The molecule has 0 unspecified atom stereocenters. The molecule has 1 aromatic heterocycles. The fourth-order valence-corrected chi connectivity index (χ4v) is 3.65. The van der Waals surface area contributed by atoms with Crippen molar-refractivity contribution in [2.45, 2.75) is 19.2 Å². The van der Waals surface area contributed by atoms with E-state index in [4.69, 9.17) is 0 Å². The quantitative estimate of drug-likeness (QED) is 0.472. The molecule has 162 valence electrons. The molecule has 3 aromatic rings. The fourth-order valence-electron chi connectivity index (χ4n) is 2.90.